The normalized spacial score (nSPS) is 20.3. The van der Waals surface area contributed by atoms with Gasteiger partial charge in [0.25, 0.3) is 5.91 Å². The van der Waals surface area contributed by atoms with Crippen molar-refractivity contribution >= 4 is 29.7 Å². The molecule has 3 rings (SSSR count). The number of hydrogen-bond donors (Lipinski definition) is 2. The highest BCUT2D eigenvalue weighted by molar-refractivity contribution is 7.17. The Kier molecular flexibility index (Phi) is 6.38. The van der Waals surface area contributed by atoms with Crippen LogP contribution in [-0.4, -0.2) is 25.0 Å². The van der Waals surface area contributed by atoms with Crippen molar-refractivity contribution in [1.29, 1.82) is 0 Å². The molecule has 0 radical (unpaired) electrons. The van der Waals surface area contributed by atoms with Crippen LogP contribution in [0.4, 0.5) is 4.39 Å². The summed E-state index contributed by atoms with van der Waals surface area (Å²) < 4.78 is 13.1. The van der Waals surface area contributed by atoms with E-state index in [0.29, 0.717) is 10.8 Å². The molecule has 2 N–H and O–H groups in total. The van der Waals surface area contributed by atoms with Gasteiger partial charge in [0.05, 0.1) is 4.88 Å². The number of thiophene rings is 1. The number of piperidine rings is 1. The minimum atomic E-state index is -0.249. The van der Waals surface area contributed by atoms with Crippen molar-refractivity contribution in [2.24, 2.45) is 5.92 Å². The maximum absolute atomic E-state index is 13.1. The smallest absolute Gasteiger partial charge is 0.261 e. The van der Waals surface area contributed by atoms with Crippen LogP contribution in [0.25, 0.3) is 10.4 Å². The van der Waals surface area contributed by atoms with Crippen LogP contribution in [0.1, 0.15) is 28.6 Å². The predicted octanol–water partition coefficient (Wildman–Crippen LogP) is 4.01. The van der Waals surface area contributed by atoms with Gasteiger partial charge in [0.1, 0.15) is 5.82 Å². The van der Waals surface area contributed by atoms with E-state index >= 15 is 0 Å². The van der Waals surface area contributed by atoms with Crippen molar-refractivity contribution < 1.29 is 9.18 Å². The lowest BCUT2D eigenvalue weighted by Gasteiger charge is -2.30. The Balaban J connectivity index is 0.00000208. The second-order valence-electron chi connectivity index (χ2n) is 6.18. The van der Waals surface area contributed by atoms with E-state index in [0.717, 1.165) is 35.5 Å². The number of benzene rings is 1. The monoisotopic (exact) mass is 368 g/mol. The molecule has 2 heterocycles. The maximum atomic E-state index is 13.1. The minimum Gasteiger partial charge on any atom is -0.348 e. The summed E-state index contributed by atoms with van der Waals surface area (Å²) in [5.74, 6) is 0.177. The fourth-order valence-corrected chi connectivity index (χ4v) is 4.03. The van der Waals surface area contributed by atoms with Gasteiger partial charge in [-0.05, 0) is 61.7 Å². The maximum Gasteiger partial charge on any atom is 0.261 e. The molecule has 1 aliphatic heterocycles. The Hall–Kier alpha value is -1.43. The molecule has 2 aromatic rings. The highest BCUT2D eigenvalue weighted by atomic mass is 35.5. The van der Waals surface area contributed by atoms with E-state index in [-0.39, 0.29) is 30.2 Å². The van der Waals surface area contributed by atoms with E-state index in [4.69, 9.17) is 0 Å². The molecular formula is C18H22ClFN2OS. The average Bonchev–Trinajstić information content (AvgIpc) is 2.92. The van der Waals surface area contributed by atoms with Gasteiger partial charge in [-0.15, -0.1) is 23.7 Å². The van der Waals surface area contributed by atoms with Gasteiger partial charge in [0.2, 0.25) is 0 Å². The van der Waals surface area contributed by atoms with Gasteiger partial charge in [0, 0.05) is 10.9 Å². The number of halogens is 2. The van der Waals surface area contributed by atoms with Gasteiger partial charge >= 0.3 is 0 Å². The largest absolute Gasteiger partial charge is 0.348 e. The van der Waals surface area contributed by atoms with E-state index in [1.54, 1.807) is 12.1 Å². The summed E-state index contributed by atoms with van der Waals surface area (Å²) in [6, 6.07) is 8.55. The van der Waals surface area contributed by atoms with Crippen molar-refractivity contribution in [3.63, 3.8) is 0 Å². The molecule has 1 amide bonds. The highest BCUT2D eigenvalue weighted by Gasteiger charge is 2.24. The second-order valence-corrected chi connectivity index (χ2v) is 7.23. The molecule has 6 heteroatoms. The summed E-state index contributed by atoms with van der Waals surface area (Å²) in [6.45, 7) is 6.02. The zero-order valence-corrected chi connectivity index (χ0v) is 15.4. The second kappa shape index (κ2) is 8.10. The Morgan fingerprint density at radius 2 is 2.04 bits per heavy atom. The van der Waals surface area contributed by atoms with Gasteiger partial charge in [0.15, 0.2) is 0 Å². The summed E-state index contributed by atoms with van der Waals surface area (Å²) in [5, 5.41) is 6.49. The first-order valence-electron chi connectivity index (χ1n) is 7.92. The van der Waals surface area contributed by atoms with E-state index in [2.05, 4.69) is 17.6 Å². The van der Waals surface area contributed by atoms with E-state index in [9.17, 15) is 9.18 Å². The van der Waals surface area contributed by atoms with Crippen LogP contribution in [0.2, 0.25) is 0 Å². The summed E-state index contributed by atoms with van der Waals surface area (Å²) in [5.41, 5.74) is 1.99. The Bertz CT molecular complexity index is 702. The highest BCUT2D eigenvalue weighted by Crippen LogP contribution is 2.32. The third-order valence-electron chi connectivity index (χ3n) is 4.35. The van der Waals surface area contributed by atoms with Gasteiger partial charge < -0.3 is 10.6 Å². The van der Waals surface area contributed by atoms with Crippen molar-refractivity contribution in [3.05, 3.63) is 46.6 Å². The van der Waals surface area contributed by atoms with Crippen LogP contribution in [0, 0.1) is 18.7 Å². The molecule has 1 aliphatic rings. The molecule has 0 spiro atoms. The Morgan fingerprint density at radius 1 is 1.33 bits per heavy atom. The van der Waals surface area contributed by atoms with Crippen LogP contribution in [-0.2, 0) is 0 Å². The molecule has 0 saturated carbocycles. The number of hydrogen-bond acceptors (Lipinski definition) is 3. The summed E-state index contributed by atoms with van der Waals surface area (Å²) in [6.07, 6.45) is 0.960. The molecule has 0 bridgehead atoms. The van der Waals surface area contributed by atoms with E-state index in [1.165, 1.54) is 23.5 Å². The molecular weight excluding hydrogens is 347 g/mol. The van der Waals surface area contributed by atoms with Crippen molar-refractivity contribution in [1.82, 2.24) is 10.6 Å². The summed E-state index contributed by atoms with van der Waals surface area (Å²) in [7, 11) is 0. The van der Waals surface area contributed by atoms with Crippen molar-refractivity contribution in [2.45, 2.75) is 26.3 Å². The zero-order valence-electron chi connectivity index (χ0n) is 13.8. The van der Waals surface area contributed by atoms with E-state index < -0.39 is 0 Å². The van der Waals surface area contributed by atoms with Gasteiger partial charge in [-0.1, -0.05) is 19.1 Å². The number of carbonyl (C=O) groups excluding carboxylic acids is 1. The quantitative estimate of drug-likeness (QED) is 0.859. The number of aryl methyl sites for hydroxylation is 1. The standard InChI is InChI=1S/C18H21FN2OS.ClH/c1-11-9-16(18(22)21-15-7-8-20-10-12(15)2)23-17(11)13-3-5-14(19)6-4-13;/h3-6,9,12,15,20H,7-8,10H2,1-2H3,(H,21,22);1H. The predicted molar refractivity (Wildman–Crippen MR) is 99.6 cm³/mol. The fourth-order valence-electron chi connectivity index (χ4n) is 2.95. The van der Waals surface area contributed by atoms with Gasteiger partial charge in [-0.25, -0.2) is 4.39 Å². The lowest BCUT2D eigenvalue weighted by molar-refractivity contribution is 0.0918. The molecule has 2 unspecified atom stereocenters. The number of rotatable bonds is 3. The SMILES string of the molecule is Cc1cc(C(=O)NC2CCNCC2C)sc1-c1ccc(F)cc1.Cl. The molecule has 130 valence electrons. The number of carbonyl (C=O) groups is 1. The lowest BCUT2D eigenvalue weighted by atomic mass is 9.95. The molecule has 24 heavy (non-hydrogen) atoms. The van der Waals surface area contributed by atoms with Crippen LogP contribution >= 0.6 is 23.7 Å². The Labute approximate surface area is 152 Å². The molecule has 1 aromatic heterocycles. The summed E-state index contributed by atoms with van der Waals surface area (Å²) >= 11 is 1.47. The van der Waals surface area contributed by atoms with Crippen LogP contribution in [0.5, 0.6) is 0 Å². The first kappa shape index (κ1) is 18.9. The molecule has 1 aromatic carbocycles. The molecule has 0 aliphatic carbocycles. The number of amides is 1. The zero-order chi connectivity index (χ0) is 16.4. The molecule has 2 atom stereocenters. The van der Waals surface area contributed by atoms with Crippen LogP contribution in [0.15, 0.2) is 30.3 Å². The molecule has 1 saturated heterocycles. The molecule has 1 fully saturated rings. The summed E-state index contributed by atoms with van der Waals surface area (Å²) in [4.78, 5) is 14.3. The van der Waals surface area contributed by atoms with Crippen LogP contribution < -0.4 is 10.6 Å². The van der Waals surface area contributed by atoms with E-state index in [1.807, 2.05) is 13.0 Å². The Morgan fingerprint density at radius 3 is 2.71 bits per heavy atom. The molecule has 3 nitrogen and oxygen atoms in total. The third-order valence-corrected chi connectivity index (χ3v) is 5.63. The first-order chi connectivity index (χ1) is 11.0. The van der Waals surface area contributed by atoms with Gasteiger partial charge in [-0.3, -0.25) is 4.79 Å². The number of nitrogens with one attached hydrogen (secondary N) is 2. The topological polar surface area (TPSA) is 41.1 Å². The first-order valence-corrected chi connectivity index (χ1v) is 8.74. The van der Waals surface area contributed by atoms with Crippen molar-refractivity contribution in [3.8, 4) is 10.4 Å². The minimum absolute atomic E-state index is 0. The average molecular weight is 369 g/mol. The lowest BCUT2D eigenvalue weighted by Crippen LogP contribution is -2.48. The van der Waals surface area contributed by atoms with Crippen molar-refractivity contribution in [2.75, 3.05) is 13.1 Å². The van der Waals surface area contributed by atoms with Crippen LogP contribution in [0.3, 0.4) is 0 Å². The third kappa shape index (κ3) is 4.15. The fraction of sp³-hybridized carbons (Fsp3) is 0.389. The van der Waals surface area contributed by atoms with Gasteiger partial charge in [-0.2, -0.15) is 0 Å².